The maximum atomic E-state index is 13.0. The van der Waals surface area contributed by atoms with Gasteiger partial charge in [0.1, 0.15) is 34.2 Å². The molecule has 0 aliphatic carbocycles. The molecular formula is C33H22O10. The zero-order valence-electron chi connectivity index (χ0n) is 22.6. The maximum absolute atomic E-state index is 13.0. The van der Waals surface area contributed by atoms with Crippen LogP contribution in [-0.2, 0) is 27.1 Å². The van der Waals surface area contributed by atoms with Crippen LogP contribution in [0.1, 0.15) is 22.3 Å². The van der Waals surface area contributed by atoms with Crippen molar-refractivity contribution in [2.45, 2.75) is 19.1 Å². The van der Waals surface area contributed by atoms with Crippen LogP contribution in [0.15, 0.2) is 102 Å². The maximum Gasteiger partial charge on any atom is 0.337 e. The molecule has 0 bridgehead atoms. The third-order valence-corrected chi connectivity index (χ3v) is 7.48. The number of aromatic hydroxyl groups is 2. The van der Waals surface area contributed by atoms with E-state index in [1.54, 1.807) is 36.4 Å². The highest BCUT2D eigenvalue weighted by molar-refractivity contribution is 5.95. The summed E-state index contributed by atoms with van der Waals surface area (Å²) in [4.78, 5) is 37.5. The third-order valence-electron chi connectivity index (χ3n) is 7.48. The number of esters is 1. The molecule has 2 aromatic heterocycles. The molecule has 10 nitrogen and oxygen atoms in total. The molecule has 10 heteroatoms. The number of carbonyl (C=O) groups is 1. The summed E-state index contributed by atoms with van der Waals surface area (Å²) in [5, 5.41) is 21.7. The lowest BCUT2D eigenvalue weighted by molar-refractivity contribution is -0.155. The zero-order valence-corrected chi connectivity index (χ0v) is 22.6. The number of phenolic OH excluding ortho intramolecular Hbond substituents is 2. The van der Waals surface area contributed by atoms with Crippen molar-refractivity contribution >= 4 is 33.7 Å². The van der Waals surface area contributed by atoms with Crippen LogP contribution in [0.5, 0.6) is 17.2 Å². The van der Waals surface area contributed by atoms with Gasteiger partial charge < -0.3 is 33.3 Å². The number of hydrogen-bond acceptors (Lipinski definition) is 10. The summed E-state index contributed by atoms with van der Waals surface area (Å²) in [6.07, 6.45) is 0.826. The van der Waals surface area contributed by atoms with Crippen LogP contribution in [0.4, 0.5) is 0 Å². The van der Waals surface area contributed by atoms with Gasteiger partial charge in [0.2, 0.25) is 0 Å². The summed E-state index contributed by atoms with van der Waals surface area (Å²) in [7, 11) is 1.49. The molecular weight excluding hydrogens is 556 g/mol. The lowest BCUT2D eigenvalue weighted by Gasteiger charge is -2.32. The Morgan fingerprint density at radius 2 is 1.40 bits per heavy atom. The molecule has 43 heavy (non-hydrogen) atoms. The Balaban J connectivity index is 1.30. The normalized spacial score (nSPS) is 15.9. The molecule has 0 saturated carbocycles. The standard InChI is InChI=1S/C33H22O10/c1-39-31-20-11-16(10-17-14-27(36)40-25-6-2-4-22(34)29(17)25)8-9-24(20)42-33-21(31)13-19(32(38)43-33)12-18-15-28(37)41-26-7-3-5-23(35)30(18)26/h2-9,11,13-15,33-35H,10,12H2,1H3. The van der Waals surface area contributed by atoms with Gasteiger partial charge >= 0.3 is 17.2 Å². The van der Waals surface area contributed by atoms with E-state index in [0.29, 0.717) is 51.0 Å². The van der Waals surface area contributed by atoms with Crippen molar-refractivity contribution in [3.63, 3.8) is 0 Å². The van der Waals surface area contributed by atoms with Crippen LogP contribution >= 0.6 is 0 Å². The van der Waals surface area contributed by atoms with Gasteiger partial charge in [0.05, 0.1) is 29.0 Å². The Kier molecular flexibility index (Phi) is 6.05. The van der Waals surface area contributed by atoms with E-state index in [2.05, 4.69) is 0 Å². The predicted molar refractivity (Wildman–Crippen MR) is 154 cm³/mol. The van der Waals surface area contributed by atoms with Crippen LogP contribution in [-0.4, -0.2) is 29.6 Å². The van der Waals surface area contributed by atoms with Gasteiger partial charge in [0.25, 0.3) is 6.29 Å². The number of phenols is 2. The molecule has 1 atom stereocenters. The second-order valence-corrected chi connectivity index (χ2v) is 10.2. The fourth-order valence-corrected chi connectivity index (χ4v) is 5.66. The lowest BCUT2D eigenvalue weighted by atomic mass is 9.93. The van der Waals surface area contributed by atoms with Crippen LogP contribution in [0.2, 0.25) is 0 Å². The van der Waals surface area contributed by atoms with Crippen molar-refractivity contribution in [1.82, 2.24) is 0 Å². The number of rotatable bonds is 5. The molecule has 0 radical (unpaired) electrons. The minimum Gasteiger partial charge on any atom is -0.507 e. The van der Waals surface area contributed by atoms with Crippen molar-refractivity contribution in [2.75, 3.05) is 7.11 Å². The Bertz CT molecular complexity index is 2170. The molecule has 5 aromatic rings. The first-order chi connectivity index (χ1) is 20.8. The SMILES string of the molecule is COC1=C2C=C(Cc3cc(=O)oc4cccc(O)c34)C(=O)OC2Oc2ccc(Cc3cc(=O)oc4cccc(O)c34)cc21. The molecule has 7 rings (SSSR count). The molecule has 0 spiro atoms. The van der Waals surface area contributed by atoms with E-state index in [0.717, 1.165) is 5.56 Å². The van der Waals surface area contributed by atoms with Crippen molar-refractivity contribution in [2.24, 2.45) is 0 Å². The first kappa shape index (κ1) is 26.1. The minimum atomic E-state index is -1.06. The van der Waals surface area contributed by atoms with Gasteiger partial charge in [-0.1, -0.05) is 18.2 Å². The molecule has 214 valence electrons. The first-order valence-corrected chi connectivity index (χ1v) is 13.3. The number of ether oxygens (including phenoxy) is 3. The first-order valence-electron chi connectivity index (χ1n) is 13.3. The fourth-order valence-electron chi connectivity index (χ4n) is 5.66. The Morgan fingerprint density at radius 1 is 0.767 bits per heavy atom. The molecule has 2 N–H and O–H groups in total. The summed E-state index contributed by atoms with van der Waals surface area (Å²) in [6, 6.07) is 17.3. The van der Waals surface area contributed by atoms with E-state index in [1.807, 2.05) is 12.1 Å². The van der Waals surface area contributed by atoms with Gasteiger partial charge in [0, 0.05) is 24.1 Å². The molecule has 0 amide bonds. The molecule has 4 heterocycles. The van der Waals surface area contributed by atoms with E-state index in [9.17, 15) is 24.6 Å². The van der Waals surface area contributed by atoms with E-state index in [-0.39, 0.29) is 34.7 Å². The second kappa shape index (κ2) is 9.95. The minimum absolute atomic E-state index is 0.000873. The van der Waals surface area contributed by atoms with Crippen LogP contribution in [0.3, 0.4) is 0 Å². The Labute approximate surface area is 242 Å². The molecule has 2 aliphatic heterocycles. The third kappa shape index (κ3) is 4.49. The van der Waals surface area contributed by atoms with Crippen LogP contribution in [0.25, 0.3) is 27.7 Å². The summed E-state index contributed by atoms with van der Waals surface area (Å²) in [5.74, 6) is 0.111. The zero-order chi connectivity index (χ0) is 29.8. The summed E-state index contributed by atoms with van der Waals surface area (Å²) in [6.45, 7) is 0. The number of hydrogen-bond donors (Lipinski definition) is 2. The van der Waals surface area contributed by atoms with Crippen molar-refractivity contribution in [1.29, 1.82) is 0 Å². The largest absolute Gasteiger partial charge is 0.507 e. The number of fused-ring (bicyclic) bond motifs is 4. The second-order valence-electron chi connectivity index (χ2n) is 10.2. The van der Waals surface area contributed by atoms with Gasteiger partial charge in [-0.2, -0.15) is 0 Å². The van der Waals surface area contributed by atoms with Gasteiger partial charge in [-0.3, -0.25) is 0 Å². The number of benzene rings is 3. The number of methoxy groups -OCH3 is 1. The molecule has 0 saturated heterocycles. The van der Waals surface area contributed by atoms with Crippen LogP contribution in [0, 0.1) is 0 Å². The van der Waals surface area contributed by atoms with Crippen molar-refractivity contribution in [3.05, 3.63) is 127 Å². The molecule has 3 aromatic carbocycles. The number of carbonyl (C=O) groups excluding carboxylic acids is 1. The smallest absolute Gasteiger partial charge is 0.337 e. The molecule has 2 aliphatic rings. The van der Waals surface area contributed by atoms with Gasteiger partial charge in [-0.15, -0.1) is 0 Å². The predicted octanol–water partition coefficient (Wildman–Crippen LogP) is 4.70. The highest BCUT2D eigenvalue weighted by Gasteiger charge is 2.36. The highest BCUT2D eigenvalue weighted by Crippen LogP contribution is 2.41. The average Bonchev–Trinajstić information content (AvgIpc) is 2.96. The Morgan fingerprint density at radius 3 is 2.02 bits per heavy atom. The topological polar surface area (TPSA) is 146 Å². The van der Waals surface area contributed by atoms with E-state index in [4.69, 9.17) is 23.0 Å². The summed E-state index contributed by atoms with van der Waals surface area (Å²) in [5.41, 5.74) is 2.38. The summed E-state index contributed by atoms with van der Waals surface area (Å²) < 4.78 is 27.9. The average molecular weight is 579 g/mol. The van der Waals surface area contributed by atoms with E-state index in [1.165, 1.54) is 31.4 Å². The van der Waals surface area contributed by atoms with E-state index < -0.39 is 23.5 Å². The quantitative estimate of drug-likeness (QED) is 0.222. The molecule has 1 unspecified atom stereocenters. The van der Waals surface area contributed by atoms with Gasteiger partial charge in [0.15, 0.2) is 0 Å². The lowest BCUT2D eigenvalue weighted by Crippen LogP contribution is -2.34. The fraction of sp³-hybridized carbons (Fsp3) is 0.121. The monoisotopic (exact) mass is 578 g/mol. The van der Waals surface area contributed by atoms with Gasteiger partial charge in [-0.05, 0) is 65.6 Å². The Hall–Kier alpha value is -5.77. The molecule has 0 fully saturated rings. The highest BCUT2D eigenvalue weighted by atomic mass is 16.7. The van der Waals surface area contributed by atoms with Crippen molar-refractivity contribution < 1.29 is 38.1 Å². The van der Waals surface area contributed by atoms with E-state index >= 15 is 0 Å². The summed E-state index contributed by atoms with van der Waals surface area (Å²) >= 11 is 0. The van der Waals surface area contributed by atoms with Gasteiger partial charge in [-0.25, -0.2) is 14.4 Å². The van der Waals surface area contributed by atoms with Crippen molar-refractivity contribution in [3.8, 4) is 17.2 Å². The van der Waals surface area contributed by atoms with Crippen LogP contribution < -0.4 is 16.0 Å².